The van der Waals surface area contributed by atoms with E-state index in [9.17, 15) is 8.42 Å². The molecule has 1 aromatic carbocycles. The molecule has 0 bridgehead atoms. The monoisotopic (exact) mass is 284 g/mol. The van der Waals surface area contributed by atoms with Crippen LogP contribution in [0.25, 0.3) is 0 Å². The molecule has 1 aromatic rings. The molecular formula is C13H20N2O3S. The summed E-state index contributed by atoms with van der Waals surface area (Å²) in [5, 5.41) is 0. The van der Waals surface area contributed by atoms with E-state index in [-0.39, 0.29) is 0 Å². The lowest BCUT2D eigenvalue weighted by Gasteiger charge is -2.23. The van der Waals surface area contributed by atoms with Gasteiger partial charge in [0.15, 0.2) is 0 Å². The van der Waals surface area contributed by atoms with Gasteiger partial charge in [0.1, 0.15) is 0 Å². The number of anilines is 1. The molecule has 0 saturated carbocycles. The Morgan fingerprint density at radius 1 is 1.37 bits per heavy atom. The van der Waals surface area contributed by atoms with E-state index in [0.717, 1.165) is 13.0 Å². The van der Waals surface area contributed by atoms with Gasteiger partial charge in [-0.1, -0.05) is 6.92 Å². The molecule has 1 saturated heterocycles. The standard InChI is InChI=1S/C13H20N2O3S/c1-2-15(9-11-7-8-18-10-11)19(16,17)13-5-3-12(14)4-6-13/h3-6,11H,2,7-10,14H2,1H3. The van der Waals surface area contributed by atoms with Gasteiger partial charge in [0.25, 0.3) is 0 Å². The Morgan fingerprint density at radius 3 is 2.58 bits per heavy atom. The minimum atomic E-state index is -3.43. The van der Waals surface area contributed by atoms with Crippen LogP contribution in [0.15, 0.2) is 29.2 Å². The third kappa shape index (κ3) is 3.26. The van der Waals surface area contributed by atoms with Crippen LogP contribution in [0.2, 0.25) is 0 Å². The molecule has 1 fully saturated rings. The molecule has 0 aliphatic carbocycles. The highest BCUT2D eigenvalue weighted by Gasteiger charge is 2.27. The lowest BCUT2D eigenvalue weighted by Crippen LogP contribution is -2.35. The van der Waals surface area contributed by atoms with Gasteiger partial charge in [-0.05, 0) is 36.6 Å². The first-order valence-corrected chi connectivity index (χ1v) is 7.91. The minimum Gasteiger partial charge on any atom is -0.399 e. The number of sulfonamides is 1. The lowest BCUT2D eigenvalue weighted by molar-refractivity contribution is 0.181. The van der Waals surface area contributed by atoms with Crippen molar-refractivity contribution >= 4 is 15.7 Å². The average Bonchev–Trinajstić information content (AvgIpc) is 2.89. The molecule has 6 heteroatoms. The number of hydrogen-bond acceptors (Lipinski definition) is 4. The van der Waals surface area contributed by atoms with E-state index in [4.69, 9.17) is 10.5 Å². The molecule has 1 heterocycles. The molecule has 2 N–H and O–H groups in total. The van der Waals surface area contributed by atoms with Crippen molar-refractivity contribution in [1.82, 2.24) is 4.31 Å². The van der Waals surface area contributed by atoms with Crippen LogP contribution in [0.1, 0.15) is 13.3 Å². The number of nitrogens with two attached hydrogens (primary N) is 1. The maximum atomic E-state index is 12.5. The summed E-state index contributed by atoms with van der Waals surface area (Å²) < 4.78 is 31.8. The van der Waals surface area contributed by atoms with E-state index < -0.39 is 10.0 Å². The van der Waals surface area contributed by atoms with Crippen molar-refractivity contribution < 1.29 is 13.2 Å². The number of benzene rings is 1. The normalized spacial score (nSPS) is 20.0. The smallest absolute Gasteiger partial charge is 0.243 e. The molecule has 0 spiro atoms. The summed E-state index contributed by atoms with van der Waals surface area (Å²) in [4.78, 5) is 0.294. The van der Waals surface area contributed by atoms with Crippen LogP contribution in [0.3, 0.4) is 0 Å². The predicted molar refractivity (Wildman–Crippen MR) is 74.2 cm³/mol. The average molecular weight is 284 g/mol. The van der Waals surface area contributed by atoms with Crippen molar-refractivity contribution in [3.8, 4) is 0 Å². The molecule has 5 nitrogen and oxygen atoms in total. The summed E-state index contributed by atoms with van der Waals surface area (Å²) in [5.41, 5.74) is 6.15. The second-order valence-electron chi connectivity index (χ2n) is 4.75. The Labute approximate surface area is 114 Å². The van der Waals surface area contributed by atoms with Gasteiger partial charge in [0, 0.05) is 25.4 Å². The topological polar surface area (TPSA) is 72.6 Å². The SMILES string of the molecule is CCN(CC1CCOC1)S(=O)(=O)c1ccc(N)cc1. The van der Waals surface area contributed by atoms with E-state index >= 15 is 0 Å². The zero-order valence-electron chi connectivity index (χ0n) is 11.1. The third-order valence-corrected chi connectivity index (χ3v) is 5.31. The highest BCUT2D eigenvalue weighted by Crippen LogP contribution is 2.21. The Hall–Kier alpha value is -1.11. The number of nitrogen functional groups attached to an aromatic ring is 1. The fraction of sp³-hybridized carbons (Fsp3) is 0.538. The molecule has 1 unspecified atom stereocenters. The van der Waals surface area contributed by atoms with Crippen molar-refractivity contribution in [2.75, 3.05) is 32.0 Å². The summed E-state index contributed by atoms with van der Waals surface area (Å²) in [7, 11) is -3.43. The van der Waals surface area contributed by atoms with Gasteiger partial charge in [-0.3, -0.25) is 0 Å². The zero-order valence-corrected chi connectivity index (χ0v) is 11.9. The summed E-state index contributed by atoms with van der Waals surface area (Å²) >= 11 is 0. The van der Waals surface area contributed by atoms with Crippen molar-refractivity contribution in [2.45, 2.75) is 18.2 Å². The molecule has 0 amide bonds. The first-order valence-electron chi connectivity index (χ1n) is 6.47. The second kappa shape index (κ2) is 5.90. The van der Waals surface area contributed by atoms with E-state index in [1.165, 1.54) is 4.31 Å². The van der Waals surface area contributed by atoms with E-state index in [2.05, 4.69) is 0 Å². The van der Waals surface area contributed by atoms with E-state index in [1.807, 2.05) is 6.92 Å². The highest BCUT2D eigenvalue weighted by atomic mass is 32.2. The maximum Gasteiger partial charge on any atom is 0.243 e. The van der Waals surface area contributed by atoms with Crippen LogP contribution in [0, 0.1) is 5.92 Å². The van der Waals surface area contributed by atoms with Gasteiger partial charge >= 0.3 is 0 Å². The number of hydrogen-bond donors (Lipinski definition) is 1. The van der Waals surface area contributed by atoms with Crippen LogP contribution in [0.5, 0.6) is 0 Å². The Balaban J connectivity index is 2.17. The Kier molecular flexibility index (Phi) is 4.44. The summed E-state index contributed by atoms with van der Waals surface area (Å²) in [6, 6.07) is 6.33. The minimum absolute atomic E-state index is 0.294. The molecule has 2 rings (SSSR count). The van der Waals surface area contributed by atoms with Crippen LogP contribution in [0.4, 0.5) is 5.69 Å². The quantitative estimate of drug-likeness (QED) is 0.828. The Bertz CT molecular complexity index is 507. The third-order valence-electron chi connectivity index (χ3n) is 3.36. The summed E-state index contributed by atoms with van der Waals surface area (Å²) in [5.74, 6) is 0.295. The molecular weight excluding hydrogens is 264 g/mol. The van der Waals surface area contributed by atoms with Crippen LogP contribution >= 0.6 is 0 Å². The Morgan fingerprint density at radius 2 is 2.05 bits per heavy atom. The van der Waals surface area contributed by atoms with Crippen molar-refractivity contribution in [3.05, 3.63) is 24.3 Å². The second-order valence-corrected chi connectivity index (χ2v) is 6.69. The van der Waals surface area contributed by atoms with Gasteiger partial charge in [-0.15, -0.1) is 0 Å². The largest absolute Gasteiger partial charge is 0.399 e. The van der Waals surface area contributed by atoms with Gasteiger partial charge in [-0.2, -0.15) is 4.31 Å². The molecule has 0 aromatic heterocycles. The fourth-order valence-corrected chi connectivity index (χ4v) is 3.73. The molecule has 1 aliphatic rings. The summed E-state index contributed by atoms with van der Waals surface area (Å²) in [6.45, 7) is 4.20. The van der Waals surface area contributed by atoms with E-state index in [1.54, 1.807) is 24.3 Å². The summed E-state index contributed by atoms with van der Waals surface area (Å²) in [6.07, 6.45) is 0.924. The van der Waals surface area contributed by atoms with Crippen molar-refractivity contribution in [2.24, 2.45) is 5.92 Å². The van der Waals surface area contributed by atoms with Gasteiger partial charge < -0.3 is 10.5 Å². The van der Waals surface area contributed by atoms with Crippen molar-refractivity contribution in [1.29, 1.82) is 0 Å². The van der Waals surface area contributed by atoms with Crippen LogP contribution in [-0.4, -0.2) is 39.0 Å². The maximum absolute atomic E-state index is 12.5. The van der Waals surface area contributed by atoms with Gasteiger partial charge in [-0.25, -0.2) is 8.42 Å². The molecule has 1 atom stereocenters. The van der Waals surface area contributed by atoms with Gasteiger partial charge in [0.2, 0.25) is 10.0 Å². The molecule has 106 valence electrons. The number of ether oxygens (including phenoxy) is 1. The molecule has 0 radical (unpaired) electrons. The van der Waals surface area contributed by atoms with Gasteiger partial charge in [0.05, 0.1) is 11.5 Å². The first-order chi connectivity index (χ1) is 9.04. The highest BCUT2D eigenvalue weighted by molar-refractivity contribution is 7.89. The number of nitrogens with zero attached hydrogens (tertiary/aromatic N) is 1. The molecule has 19 heavy (non-hydrogen) atoms. The van der Waals surface area contributed by atoms with Crippen LogP contribution < -0.4 is 5.73 Å². The predicted octanol–water partition coefficient (Wildman–Crippen LogP) is 1.32. The zero-order chi connectivity index (χ0) is 13.9. The fourth-order valence-electron chi connectivity index (χ4n) is 2.20. The van der Waals surface area contributed by atoms with Crippen molar-refractivity contribution in [3.63, 3.8) is 0 Å². The first kappa shape index (κ1) is 14.3. The lowest BCUT2D eigenvalue weighted by atomic mass is 10.1. The number of rotatable bonds is 5. The molecule has 1 aliphatic heterocycles. The van der Waals surface area contributed by atoms with Crippen LogP contribution in [-0.2, 0) is 14.8 Å². The van der Waals surface area contributed by atoms with E-state index in [0.29, 0.717) is 36.2 Å².